The fraction of sp³-hybridized carbons (Fsp3) is 0.435. The van der Waals surface area contributed by atoms with Gasteiger partial charge in [0.1, 0.15) is 6.04 Å². The van der Waals surface area contributed by atoms with E-state index in [9.17, 15) is 21.6 Å². The van der Waals surface area contributed by atoms with Crippen molar-refractivity contribution in [2.75, 3.05) is 18.4 Å². The van der Waals surface area contributed by atoms with Crippen molar-refractivity contribution in [3.63, 3.8) is 0 Å². The number of hydrogen-bond donors (Lipinski definition) is 2. The van der Waals surface area contributed by atoms with E-state index in [1.807, 2.05) is 0 Å². The number of sulfonamides is 2. The maximum Gasteiger partial charge on any atom is 0.243 e. The molecule has 11 heteroatoms. The molecule has 2 aromatic carbocycles. The minimum atomic E-state index is -4.02. The third-order valence-corrected chi connectivity index (χ3v) is 9.33. The van der Waals surface area contributed by atoms with Crippen molar-refractivity contribution in [1.82, 2.24) is 9.03 Å². The van der Waals surface area contributed by atoms with E-state index >= 15 is 0 Å². The number of carbonyl (C=O) groups excluding carboxylic acids is 1. The maximum absolute atomic E-state index is 13.1. The Morgan fingerprint density at radius 3 is 2.26 bits per heavy atom. The van der Waals surface area contributed by atoms with Crippen molar-refractivity contribution in [3.05, 3.63) is 53.1 Å². The van der Waals surface area contributed by atoms with E-state index in [2.05, 4.69) is 10.0 Å². The number of nitrogens with zero attached hydrogens (tertiary/aromatic N) is 1. The number of piperidine rings is 1. The summed E-state index contributed by atoms with van der Waals surface area (Å²) >= 11 is 5.92. The molecule has 0 aliphatic carbocycles. The summed E-state index contributed by atoms with van der Waals surface area (Å²) in [6, 6.07) is 9.26. The summed E-state index contributed by atoms with van der Waals surface area (Å²) in [6.07, 6.45) is 2.64. The molecule has 1 aliphatic heterocycles. The summed E-state index contributed by atoms with van der Waals surface area (Å²) in [7, 11) is -7.70. The lowest BCUT2D eigenvalue weighted by atomic mass is 10.0. The van der Waals surface area contributed by atoms with Gasteiger partial charge in [-0.25, -0.2) is 16.8 Å². The third-order valence-electron chi connectivity index (χ3n) is 5.76. The highest BCUT2D eigenvalue weighted by atomic mass is 35.5. The summed E-state index contributed by atoms with van der Waals surface area (Å²) in [5, 5.41) is 2.98. The van der Waals surface area contributed by atoms with Gasteiger partial charge < -0.3 is 5.32 Å². The number of amides is 1. The van der Waals surface area contributed by atoms with Crippen LogP contribution in [-0.2, 0) is 24.8 Å². The number of halogens is 1. The molecule has 1 unspecified atom stereocenters. The Balaban J connectivity index is 1.84. The predicted molar refractivity (Wildman–Crippen MR) is 133 cm³/mol. The minimum absolute atomic E-state index is 0.0516. The van der Waals surface area contributed by atoms with Gasteiger partial charge in [-0.05, 0) is 61.6 Å². The van der Waals surface area contributed by atoms with Gasteiger partial charge in [0, 0.05) is 23.8 Å². The lowest BCUT2D eigenvalue weighted by Crippen LogP contribution is -2.47. The van der Waals surface area contributed by atoms with Gasteiger partial charge in [-0.2, -0.15) is 9.03 Å². The second-order valence-corrected chi connectivity index (χ2v) is 12.8. The number of aryl methyl sites for hydroxylation is 1. The van der Waals surface area contributed by atoms with E-state index in [4.69, 9.17) is 11.6 Å². The monoisotopic (exact) mass is 527 g/mol. The number of rotatable bonds is 8. The topological polar surface area (TPSA) is 113 Å². The highest BCUT2D eigenvalue weighted by Crippen LogP contribution is 2.26. The van der Waals surface area contributed by atoms with Crippen LogP contribution in [0.5, 0.6) is 0 Å². The van der Waals surface area contributed by atoms with Gasteiger partial charge in [0.15, 0.2) is 0 Å². The molecule has 0 saturated carbocycles. The largest absolute Gasteiger partial charge is 0.324 e. The number of benzene rings is 2. The van der Waals surface area contributed by atoms with Crippen LogP contribution in [0.15, 0.2) is 52.3 Å². The Bertz CT molecular complexity index is 1260. The highest BCUT2D eigenvalue weighted by Gasteiger charge is 2.30. The molecule has 1 atom stereocenters. The first-order valence-electron chi connectivity index (χ1n) is 11.1. The van der Waals surface area contributed by atoms with Crippen LogP contribution in [0.2, 0.25) is 5.02 Å². The van der Waals surface area contributed by atoms with E-state index in [1.165, 1.54) is 34.6 Å². The smallest absolute Gasteiger partial charge is 0.243 e. The van der Waals surface area contributed by atoms with E-state index in [-0.39, 0.29) is 20.7 Å². The molecule has 34 heavy (non-hydrogen) atoms. The summed E-state index contributed by atoms with van der Waals surface area (Å²) in [5.74, 6) is -0.967. The van der Waals surface area contributed by atoms with E-state index < -0.39 is 32.0 Å². The van der Waals surface area contributed by atoms with Gasteiger partial charge in [-0.15, -0.1) is 0 Å². The lowest BCUT2D eigenvalue weighted by Gasteiger charge is -2.26. The van der Waals surface area contributed by atoms with Crippen LogP contribution in [-0.4, -0.2) is 46.2 Å². The Hall–Kier alpha value is -1.98. The summed E-state index contributed by atoms with van der Waals surface area (Å²) in [5.41, 5.74) is 0.974. The molecule has 0 radical (unpaired) electrons. The SMILES string of the molecule is Cc1ccc(S(=O)(=O)N2CCCCC2)cc1NC(=O)C(NS(=O)(=O)c1cccc(Cl)c1)C(C)C. The van der Waals surface area contributed by atoms with Crippen molar-refractivity contribution in [2.45, 2.75) is 55.9 Å². The van der Waals surface area contributed by atoms with Crippen LogP contribution in [0.25, 0.3) is 0 Å². The summed E-state index contributed by atoms with van der Waals surface area (Å²) in [4.78, 5) is 13.2. The van der Waals surface area contributed by atoms with Gasteiger partial charge in [0.05, 0.1) is 9.79 Å². The summed E-state index contributed by atoms with van der Waals surface area (Å²) < 4.78 is 55.7. The second-order valence-electron chi connectivity index (χ2n) is 8.73. The van der Waals surface area contributed by atoms with Crippen LogP contribution in [0, 0.1) is 12.8 Å². The van der Waals surface area contributed by atoms with Crippen molar-refractivity contribution in [1.29, 1.82) is 0 Å². The zero-order chi connectivity index (χ0) is 25.1. The molecule has 1 aliphatic rings. The first-order valence-corrected chi connectivity index (χ1v) is 14.4. The van der Waals surface area contributed by atoms with Crippen molar-refractivity contribution in [2.24, 2.45) is 5.92 Å². The molecule has 0 spiro atoms. The molecule has 1 saturated heterocycles. The zero-order valence-corrected chi connectivity index (χ0v) is 21.8. The number of hydrogen-bond acceptors (Lipinski definition) is 5. The molecule has 186 valence electrons. The molecule has 1 fully saturated rings. The molecule has 8 nitrogen and oxygen atoms in total. The molecule has 3 rings (SSSR count). The standard InChI is InChI=1S/C23H30ClN3O5S2/c1-16(2)22(26-33(29,30)19-9-7-8-18(24)14-19)23(28)25-21-15-20(11-10-17(21)3)34(31,32)27-12-5-4-6-13-27/h7-11,14-16,22,26H,4-6,12-13H2,1-3H3,(H,25,28). The maximum atomic E-state index is 13.1. The average Bonchev–Trinajstić information content (AvgIpc) is 2.79. The number of anilines is 1. The number of nitrogens with one attached hydrogen (secondary N) is 2. The molecule has 1 amide bonds. The second kappa shape index (κ2) is 10.7. The summed E-state index contributed by atoms with van der Waals surface area (Å²) in [6.45, 7) is 6.12. The van der Waals surface area contributed by atoms with Crippen molar-refractivity contribution >= 4 is 43.2 Å². The van der Waals surface area contributed by atoms with E-state index in [0.717, 1.165) is 19.3 Å². The fourth-order valence-electron chi connectivity index (χ4n) is 3.72. The van der Waals surface area contributed by atoms with Crippen LogP contribution in [0.4, 0.5) is 5.69 Å². The van der Waals surface area contributed by atoms with Crippen LogP contribution in [0.3, 0.4) is 0 Å². The highest BCUT2D eigenvalue weighted by molar-refractivity contribution is 7.89. The molecule has 1 heterocycles. The molecule has 2 N–H and O–H groups in total. The third kappa shape index (κ3) is 6.17. The van der Waals surface area contributed by atoms with E-state index in [0.29, 0.717) is 24.3 Å². The average molecular weight is 528 g/mol. The Kier molecular flexibility index (Phi) is 8.41. The van der Waals surface area contributed by atoms with Gasteiger partial charge in [-0.3, -0.25) is 4.79 Å². The molecule has 2 aromatic rings. The van der Waals surface area contributed by atoms with Gasteiger partial charge in [0.2, 0.25) is 26.0 Å². The normalized spacial score (nSPS) is 16.4. The molecule has 0 bridgehead atoms. The Labute approximate surface area is 206 Å². The van der Waals surface area contributed by atoms with Crippen LogP contribution < -0.4 is 10.0 Å². The molecular weight excluding hydrogens is 498 g/mol. The quantitative estimate of drug-likeness (QED) is 0.542. The van der Waals surface area contributed by atoms with Crippen molar-refractivity contribution < 1.29 is 21.6 Å². The predicted octanol–water partition coefficient (Wildman–Crippen LogP) is 3.76. The first kappa shape index (κ1) is 26.6. The van der Waals surface area contributed by atoms with Crippen molar-refractivity contribution in [3.8, 4) is 0 Å². The minimum Gasteiger partial charge on any atom is -0.324 e. The van der Waals surface area contributed by atoms with Crippen LogP contribution in [0.1, 0.15) is 38.7 Å². The van der Waals surface area contributed by atoms with E-state index in [1.54, 1.807) is 32.9 Å². The Morgan fingerprint density at radius 2 is 1.65 bits per heavy atom. The molecule has 0 aromatic heterocycles. The molecular formula is C23H30ClN3O5S2. The van der Waals surface area contributed by atoms with Crippen LogP contribution >= 0.6 is 11.6 Å². The van der Waals surface area contributed by atoms with Gasteiger partial charge in [-0.1, -0.05) is 44.0 Å². The van der Waals surface area contributed by atoms with Gasteiger partial charge in [0.25, 0.3) is 0 Å². The fourth-order valence-corrected chi connectivity index (χ4v) is 6.91. The first-order chi connectivity index (χ1) is 15.9. The zero-order valence-electron chi connectivity index (χ0n) is 19.4. The van der Waals surface area contributed by atoms with Gasteiger partial charge >= 0.3 is 0 Å². The number of carbonyl (C=O) groups is 1. The Morgan fingerprint density at radius 1 is 0.971 bits per heavy atom. The lowest BCUT2D eigenvalue weighted by molar-refractivity contribution is -0.118.